The number of nitrogens with one attached hydrogen (secondary N) is 1. The summed E-state index contributed by atoms with van der Waals surface area (Å²) in [5.41, 5.74) is 0.598. The summed E-state index contributed by atoms with van der Waals surface area (Å²) in [6, 6.07) is 0. The molecule has 0 heterocycles. The van der Waals surface area contributed by atoms with Gasteiger partial charge < -0.3 is 5.11 Å². The number of carbonyl (C=O) groups excluding carboxylic acids is 2. The first-order chi connectivity index (χ1) is 10.4. The van der Waals surface area contributed by atoms with E-state index in [9.17, 15) is 14.7 Å². The Morgan fingerprint density at radius 3 is 2.45 bits per heavy atom. The highest BCUT2D eigenvalue weighted by molar-refractivity contribution is 6.32. The summed E-state index contributed by atoms with van der Waals surface area (Å²) in [4.78, 5) is 22.2. The summed E-state index contributed by atoms with van der Waals surface area (Å²) in [6.45, 7) is 9.19. The first-order valence-corrected chi connectivity index (χ1v) is 8.09. The van der Waals surface area contributed by atoms with Crippen molar-refractivity contribution in [3.8, 4) is 0 Å². The highest BCUT2D eigenvalue weighted by Gasteiger charge is 2.33. The molecule has 0 aromatic carbocycles. The van der Waals surface area contributed by atoms with Crippen molar-refractivity contribution in [3.63, 3.8) is 0 Å². The number of rotatable bonds is 12. The molecule has 0 aromatic heterocycles. The average Bonchev–Trinajstić information content (AvgIpc) is 2.47. The van der Waals surface area contributed by atoms with E-state index in [0.717, 1.165) is 38.5 Å². The van der Waals surface area contributed by atoms with Gasteiger partial charge in [0.05, 0.1) is 0 Å². The summed E-state index contributed by atoms with van der Waals surface area (Å²) in [7, 11) is 0. The van der Waals surface area contributed by atoms with E-state index in [1.807, 2.05) is 0 Å². The van der Waals surface area contributed by atoms with Crippen LogP contribution in [0.5, 0.6) is 0 Å². The van der Waals surface area contributed by atoms with E-state index in [1.54, 1.807) is 0 Å². The second kappa shape index (κ2) is 11.1. The van der Waals surface area contributed by atoms with Crippen molar-refractivity contribution >= 4 is 17.9 Å². The number of unbranched alkanes of at least 4 members (excludes halogenated alkanes) is 2. The zero-order valence-corrected chi connectivity index (χ0v) is 14.1. The number of aliphatic hydroxyl groups is 1. The SMILES string of the molecule is C=CC(O)(CC(CCC)CCCCC)/C(C=O)=N/NC(C)=O. The molecule has 2 unspecified atom stereocenters. The van der Waals surface area contributed by atoms with E-state index in [-0.39, 0.29) is 11.6 Å². The van der Waals surface area contributed by atoms with Crippen LogP contribution >= 0.6 is 0 Å². The van der Waals surface area contributed by atoms with Crippen LogP contribution in [0, 0.1) is 5.92 Å². The van der Waals surface area contributed by atoms with Crippen molar-refractivity contribution in [1.29, 1.82) is 0 Å². The largest absolute Gasteiger partial charge is 0.379 e. The number of carbonyl (C=O) groups is 2. The number of aldehydes is 1. The Morgan fingerprint density at radius 1 is 1.32 bits per heavy atom. The Hall–Kier alpha value is -1.49. The fraction of sp³-hybridized carbons (Fsp3) is 0.706. The lowest BCUT2D eigenvalue weighted by Gasteiger charge is -2.28. The van der Waals surface area contributed by atoms with E-state index < -0.39 is 5.60 Å². The normalized spacial score (nSPS) is 15.7. The van der Waals surface area contributed by atoms with Crippen LogP contribution in [0.1, 0.15) is 65.7 Å². The smallest absolute Gasteiger partial charge is 0.236 e. The predicted molar refractivity (Wildman–Crippen MR) is 89.6 cm³/mol. The van der Waals surface area contributed by atoms with E-state index in [1.165, 1.54) is 13.0 Å². The third-order valence-electron chi connectivity index (χ3n) is 3.74. The number of hydrazone groups is 1. The lowest BCUT2D eigenvalue weighted by Crippen LogP contribution is -2.41. The number of hydrogen-bond acceptors (Lipinski definition) is 4. The summed E-state index contributed by atoms with van der Waals surface area (Å²) in [5.74, 6) is -0.0964. The molecule has 2 atom stereocenters. The zero-order chi connectivity index (χ0) is 17.0. The zero-order valence-electron chi connectivity index (χ0n) is 14.1. The van der Waals surface area contributed by atoms with Gasteiger partial charge in [0.25, 0.3) is 0 Å². The molecule has 2 N–H and O–H groups in total. The van der Waals surface area contributed by atoms with Crippen molar-refractivity contribution in [2.75, 3.05) is 0 Å². The maximum absolute atomic E-state index is 11.2. The number of amides is 1. The molecule has 0 spiro atoms. The maximum Gasteiger partial charge on any atom is 0.236 e. The molecular weight excluding hydrogens is 280 g/mol. The van der Waals surface area contributed by atoms with Crippen LogP contribution in [0.4, 0.5) is 0 Å². The molecule has 1 amide bonds. The molecular formula is C17H30N2O3. The van der Waals surface area contributed by atoms with Crippen LogP contribution < -0.4 is 5.43 Å². The predicted octanol–water partition coefficient (Wildman–Crippen LogP) is 2.98. The maximum atomic E-state index is 11.2. The molecule has 0 fully saturated rings. The van der Waals surface area contributed by atoms with Crippen molar-refractivity contribution < 1.29 is 14.7 Å². The van der Waals surface area contributed by atoms with Gasteiger partial charge in [0.2, 0.25) is 5.91 Å². The second-order valence-corrected chi connectivity index (χ2v) is 5.77. The highest BCUT2D eigenvalue weighted by Crippen LogP contribution is 2.27. The lowest BCUT2D eigenvalue weighted by molar-refractivity contribution is -0.118. The Morgan fingerprint density at radius 2 is 2.00 bits per heavy atom. The van der Waals surface area contributed by atoms with E-state index in [2.05, 4.69) is 31.0 Å². The molecule has 5 heteroatoms. The summed E-state index contributed by atoms with van der Waals surface area (Å²) >= 11 is 0. The molecule has 5 nitrogen and oxygen atoms in total. The van der Waals surface area contributed by atoms with Gasteiger partial charge in [-0.2, -0.15) is 5.10 Å². The second-order valence-electron chi connectivity index (χ2n) is 5.77. The van der Waals surface area contributed by atoms with E-state index >= 15 is 0 Å². The minimum atomic E-state index is -1.50. The van der Waals surface area contributed by atoms with Crippen LogP contribution in [0.15, 0.2) is 17.8 Å². The van der Waals surface area contributed by atoms with Gasteiger partial charge >= 0.3 is 0 Å². The minimum absolute atomic E-state index is 0.103. The Bertz CT molecular complexity index is 393. The molecule has 0 aromatic rings. The third-order valence-corrected chi connectivity index (χ3v) is 3.74. The van der Waals surface area contributed by atoms with Gasteiger partial charge in [0.1, 0.15) is 11.3 Å². The summed E-state index contributed by atoms with van der Waals surface area (Å²) in [6.07, 6.45) is 8.62. The van der Waals surface area contributed by atoms with Gasteiger partial charge in [-0.3, -0.25) is 9.59 Å². The van der Waals surface area contributed by atoms with Crippen molar-refractivity contribution in [3.05, 3.63) is 12.7 Å². The van der Waals surface area contributed by atoms with Gasteiger partial charge in [-0.1, -0.05) is 65.0 Å². The summed E-state index contributed by atoms with van der Waals surface area (Å²) in [5, 5.41) is 14.4. The highest BCUT2D eigenvalue weighted by atomic mass is 16.3. The first kappa shape index (κ1) is 20.5. The van der Waals surface area contributed by atoms with Crippen molar-refractivity contribution in [2.24, 2.45) is 11.0 Å². The fourth-order valence-corrected chi connectivity index (χ4v) is 2.54. The van der Waals surface area contributed by atoms with Gasteiger partial charge in [-0.05, 0) is 12.3 Å². The molecule has 22 heavy (non-hydrogen) atoms. The van der Waals surface area contributed by atoms with Gasteiger partial charge in [0.15, 0.2) is 6.29 Å². The van der Waals surface area contributed by atoms with Gasteiger partial charge in [-0.25, -0.2) is 5.43 Å². The summed E-state index contributed by atoms with van der Waals surface area (Å²) < 4.78 is 0. The molecule has 0 saturated carbocycles. The molecule has 0 saturated heterocycles. The Kier molecular flexibility index (Phi) is 10.4. The van der Waals surface area contributed by atoms with Crippen LogP contribution in [0.2, 0.25) is 0 Å². The molecule has 126 valence electrons. The molecule has 0 aliphatic heterocycles. The topological polar surface area (TPSA) is 78.8 Å². The monoisotopic (exact) mass is 310 g/mol. The Labute approximate surface area is 133 Å². The van der Waals surface area contributed by atoms with Crippen molar-refractivity contribution in [1.82, 2.24) is 5.43 Å². The van der Waals surface area contributed by atoms with Crippen LogP contribution in [-0.2, 0) is 9.59 Å². The van der Waals surface area contributed by atoms with E-state index in [0.29, 0.717) is 18.6 Å². The van der Waals surface area contributed by atoms with Crippen molar-refractivity contribution in [2.45, 2.75) is 71.3 Å². The molecule has 0 aliphatic carbocycles. The quantitative estimate of drug-likeness (QED) is 0.191. The number of nitrogens with zero attached hydrogens (tertiary/aromatic N) is 1. The first-order valence-electron chi connectivity index (χ1n) is 8.09. The minimum Gasteiger partial charge on any atom is -0.379 e. The van der Waals surface area contributed by atoms with Crippen LogP contribution in [0.25, 0.3) is 0 Å². The Balaban J connectivity index is 5.04. The number of hydrogen-bond donors (Lipinski definition) is 2. The molecule has 0 radical (unpaired) electrons. The van der Waals surface area contributed by atoms with Crippen LogP contribution in [-0.4, -0.2) is 28.6 Å². The van der Waals surface area contributed by atoms with Crippen LogP contribution in [0.3, 0.4) is 0 Å². The third kappa shape index (κ3) is 7.50. The molecule has 0 rings (SSSR count). The van der Waals surface area contributed by atoms with E-state index in [4.69, 9.17) is 0 Å². The lowest BCUT2D eigenvalue weighted by atomic mass is 9.82. The fourth-order valence-electron chi connectivity index (χ4n) is 2.54. The van der Waals surface area contributed by atoms with Gasteiger partial charge in [0, 0.05) is 6.92 Å². The standard InChI is InChI=1S/C17H30N2O3/c1-5-8-9-11-15(10-6-2)12-17(22,7-3)16(13-20)19-18-14(4)21/h7,13,15,22H,3,5-6,8-12H2,1-2,4H3,(H,18,21)/b19-16+. The molecule has 0 aliphatic rings. The average molecular weight is 310 g/mol. The van der Waals surface area contributed by atoms with Gasteiger partial charge in [-0.15, -0.1) is 0 Å². The molecule has 0 bridgehead atoms.